The highest BCUT2D eigenvalue weighted by molar-refractivity contribution is 7.99. The van der Waals surface area contributed by atoms with Gasteiger partial charge in [-0.25, -0.2) is 0 Å². The largest absolute Gasteiger partial charge is 0.497 e. The van der Waals surface area contributed by atoms with Gasteiger partial charge in [0.25, 0.3) is 0 Å². The van der Waals surface area contributed by atoms with E-state index in [-0.39, 0.29) is 11.7 Å². The summed E-state index contributed by atoms with van der Waals surface area (Å²) in [6.45, 7) is 6.60. The Labute approximate surface area is 179 Å². The smallest absolute Gasteiger partial charge is 0.234 e. The Morgan fingerprint density at radius 2 is 2.14 bits per heavy atom. The molecule has 0 atom stereocenters. The van der Waals surface area contributed by atoms with E-state index in [0.717, 1.165) is 35.7 Å². The van der Waals surface area contributed by atoms with Crippen molar-refractivity contribution in [3.05, 3.63) is 53.2 Å². The average molecular weight is 429 g/mol. The molecule has 0 fully saturated rings. The fraction of sp³-hybridized carbons (Fsp3) is 0.286. The summed E-state index contributed by atoms with van der Waals surface area (Å²) < 4.78 is 7.12. The molecular weight excluding hydrogens is 404 g/mol. The molecular formula is C21H24N4O2S2. The van der Waals surface area contributed by atoms with E-state index in [1.54, 1.807) is 18.4 Å². The monoisotopic (exact) mass is 428 g/mol. The highest BCUT2D eigenvalue weighted by Gasteiger charge is 2.16. The van der Waals surface area contributed by atoms with E-state index in [9.17, 15) is 4.79 Å². The van der Waals surface area contributed by atoms with Crippen LogP contribution in [0.1, 0.15) is 18.2 Å². The minimum Gasteiger partial charge on any atom is -0.497 e. The van der Waals surface area contributed by atoms with Gasteiger partial charge in [0.15, 0.2) is 11.0 Å². The molecule has 0 aliphatic rings. The third kappa shape index (κ3) is 5.48. The van der Waals surface area contributed by atoms with Crippen LogP contribution in [-0.2, 0) is 17.8 Å². The summed E-state index contributed by atoms with van der Waals surface area (Å²) in [7, 11) is 1.61. The number of nitrogens with one attached hydrogen (secondary N) is 1. The third-order valence-electron chi connectivity index (χ3n) is 4.14. The van der Waals surface area contributed by atoms with E-state index in [0.29, 0.717) is 11.7 Å². The number of anilines is 1. The molecule has 0 saturated heterocycles. The number of allylic oxidation sites excluding steroid dienone is 1. The van der Waals surface area contributed by atoms with Gasteiger partial charge in [0.1, 0.15) is 5.75 Å². The number of thiophene rings is 1. The Hall–Kier alpha value is -2.58. The summed E-state index contributed by atoms with van der Waals surface area (Å²) >= 11 is 3.10. The molecule has 3 aromatic rings. The lowest BCUT2D eigenvalue weighted by Crippen LogP contribution is -2.14. The van der Waals surface area contributed by atoms with Gasteiger partial charge in [-0.05, 0) is 36.8 Å². The highest BCUT2D eigenvalue weighted by atomic mass is 32.2. The first-order valence-corrected chi connectivity index (χ1v) is 11.2. The number of carbonyl (C=O) groups excluding carboxylic acids is 1. The lowest BCUT2D eigenvalue weighted by Gasteiger charge is -2.08. The number of amides is 1. The molecule has 3 rings (SSSR count). The normalized spacial score (nSPS) is 10.7. The molecule has 8 heteroatoms. The molecule has 0 spiro atoms. The molecule has 2 heterocycles. The first-order valence-electron chi connectivity index (χ1n) is 9.33. The van der Waals surface area contributed by atoms with Gasteiger partial charge < -0.3 is 10.1 Å². The number of nitrogens with zero attached hydrogens (tertiary/aromatic N) is 3. The number of benzene rings is 1. The van der Waals surface area contributed by atoms with Crippen molar-refractivity contribution in [2.75, 3.05) is 18.2 Å². The molecule has 2 aromatic heterocycles. The maximum absolute atomic E-state index is 12.3. The van der Waals surface area contributed by atoms with Crippen LogP contribution < -0.4 is 10.1 Å². The first-order chi connectivity index (χ1) is 14.1. The van der Waals surface area contributed by atoms with Crippen molar-refractivity contribution >= 4 is 34.7 Å². The lowest BCUT2D eigenvalue weighted by molar-refractivity contribution is -0.113. The van der Waals surface area contributed by atoms with Gasteiger partial charge in [-0.1, -0.05) is 31.2 Å². The van der Waals surface area contributed by atoms with Crippen molar-refractivity contribution < 1.29 is 9.53 Å². The van der Waals surface area contributed by atoms with Crippen LogP contribution in [0.15, 0.2) is 53.5 Å². The zero-order valence-corrected chi connectivity index (χ0v) is 18.2. The molecule has 1 N–H and O–H groups in total. The second-order valence-electron chi connectivity index (χ2n) is 6.32. The van der Waals surface area contributed by atoms with Gasteiger partial charge in [-0.3, -0.25) is 9.36 Å². The van der Waals surface area contributed by atoms with Gasteiger partial charge in [0, 0.05) is 28.1 Å². The number of rotatable bonds is 10. The van der Waals surface area contributed by atoms with Gasteiger partial charge in [0.2, 0.25) is 5.91 Å². The average Bonchev–Trinajstić information content (AvgIpc) is 3.34. The maximum atomic E-state index is 12.3. The Morgan fingerprint density at radius 3 is 2.83 bits per heavy atom. The second kappa shape index (κ2) is 10.3. The van der Waals surface area contributed by atoms with Crippen LogP contribution in [0.25, 0.3) is 11.4 Å². The van der Waals surface area contributed by atoms with E-state index < -0.39 is 0 Å². The fourth-order valence-electron chi connectivity index (χ4n) is 2.78. The molecule has 29 heavy (non-hydrogen) atoms. The summed E-state index contributed by atoms with van der Waals surface area (Å²) in [5.74, 6) is 1.70. The number of aromatic nitrogens is 3. The SMILES string of the molecule is C=CCn1c(SCC(=O)Nc2ccc(OC)cc2)nnc1-c1csc(CCC)c1. The van der Waals surface area contributed by atoms with Crippen LogP contribution >= 0.6 is 23.1 Å². The fourth-order valence-corrected chi connectivity index (χ4v) is 4.50. The Morgan fingerprint density at radius 1 is 1.34 bits per heavy atom. The number of thioether (sulfide) groups is 1. The van der Waals surface area contributed by atoms with E-state index in [1.807, 2.05) is 34.9 Å². The predicted octanol–water partition coefficient (Wildman–Crippen LogP) is 4.88. The third-order valence-corrected chi connectivity index (χ3v) is 6.11. The van der Waals surface area contributed by atoms with Crippen molar-refractivity contribution in [2.45, 2.75) is 31.5 Å². The number of aryl methyl sites for hydroxylation is 1. The molecule has 0 bridgehead atoms. The van der Waals surface area contributed by atoms with Gasteiger partial charge in [0.05, 0.1) is 12.9 Å². The first kappa shape index (κ1) is 21.1. The molecule has 1 amide bonds. The van der Waals surface area contributed by atoms with Gasteiger partial charge in [-0.15, -0.1) is 28.1 Å². The van der Waals surface area contributed by atoms with E-state index >= 15 is 0 Å². The molecule has 0 unspecified atom stereocenters. The van der Waals surface area contributed by atoms with Crippen molar-refractivity contribution in [1.82, 2.24) is 14.8 Å². The van der Waals surface area contributed by atoms with Crippen LogP contribution in [0.4, 0.5) is 5.69 Å². The number of methoxy groups -OCH3 is 1. The predicted molar refractivity (Wildman–Crippen MR) is 120 cm³/mol. The summed E-state index contributed by atoms with van der Waals surface area (Å²) in [6, 6.07) is 9.41. The summed E-state index contributed by atoms with van der Waals surface area (Å²) in [6.07, 6.45) is 3.99. The van der Waals surface area contributed by atoms with Gasteiger partial charge in [-0.2, -0.15) is 0 Å². The number of hydrogen-bond donors (Lipinski definition) is 1. The van der Waals surface area contributed by atoms with Gasteiger partial charge >= 0.3 is 0 Å². The lowest BCUT2D eigenvalue weighted by atomic mass is 10.2. The summed E-state index contributed by atoms with van der Waals surface area (Å²) in [5, 5.41) is 14.4. The van der Waals surface area contributed by atoms with Crippen molar-refractivity contribution in [3.8, 4) is 17.1 Å². The van der Waals surface area contributed by atoms with Crippen LogP contribution in [0, 0.1) is 0 Å². The van der Waals surface area contributed by atoms with Crippen molar-refractivity contribution in [1.29, 1.82) is 0 Å². The zero-order chi connectivity index (χ0) is 20.6. The number of hydrogen-bond acceptors (Lipinski definition) is 6. The number of ether oxygens (including phenoxy) is 1. The maximum Gasteiger partial charge on any atom is 0.234 e. The van der Waals surface area contributed by atoms with Crippen LogP contribution in [0.3, 0.4) is 0 Å². The Kier molecular flexibility index (Phi) is 7.48. The van der Waals surface area contributed by atoms with Crippen molar-refractivity contribution in [2.24, 2.45) is 0 Å². The molecule has 152 valence electrons. The van der Waals surface area contributed by atoms with E-state index in [4.69, 9.17) is 4.74 Å². The van der Waals surface area contributed by atoms with Crippen LogP contribution in [0.2, 0.25) is 0 Å². The zero-order valence-electron chi connectivity index (χ0n) is 16.6. The molecule has 0 saturated carbocycles. The Balaban J connectivity index is 1.67. The summed E-state index contributed by atoms with van der Waals surface area (Å²) in [5.41, 5.74) is 1.79. The van der Waals surface area contributed by atoms with Crippen LogP contribution in [0.5, 0.6) is 5.75 Å². The molecule has 0 aliphatic heterocycles. The highest BCUT2D eigenvalue weighted by Crippen LogP contribution is 2.28. The molecule has 6 nitrogen and oxygen atoms in total. The van der Waals surface area contributed by atoms with E-state index in [1.165, 1.54) is 16.6 Å². The second-order valence-corrected chi connectivity index (χ2v) is 8.26. The quantitative estimate of drug-likeness (QED) is 0.368. The standard InChI is InChI=1S/C21H24N4O2S2/c1-4-6-18-12-15(13-28-18)20-23-24-21(25(20)11-5-2)29-14-19(26)22-16-7-9-17(27-3)10-8-16/h5,7-10,12-13H,2,4,6,11,14H2,1,3H3,(H,22,26). The minimum absolute atomic E-state index is 0.101. The number of carbonyl (C=O) groups is 1. The molecule has 0 aliphatic carbocycles. The summed E-state index contributed by atoms with van der Waals surface area (Å²) in [4.78, 5) is 13.7. The van der Waals surface area contributed by atoms with E-state index in [2.05, 4.69) is 40.5 Å². The minimum atomic E-state index is -0.101. The topological polar surface area (TPSA) is 69.0 Å². The Bertz CT molecular complexity index is 963. The molecule has 1 aromatic carbocycles. The molecule has 0 radical (unpaired) electrons. The van der Waals surface area contributed by atoms with Crippen LogP contribution in [-0.4, -0.2) is 33.5 Å². The van der Waals surface area contributed by atoms with Crippen molar-refractivity contribution in [3.63, 3.8) is 0 Å².